The van der Waals surface area contributed by atoms with E-state index in [0.29, 0.717) is 28.8 Å². The van der Waals surface area contributed by atoms with Gasteiger partial charge in [-0.05, 0) is 56.1 Å². The maximum absolute atomic E-state index is 13.0. The van der Waals surface area contributed by atoms with E-state index in [2.05, 4.69) is 10.2 Å². The Kier molecular flexibility index (Phi) is 7.65. The number of carbonyl (C=O) groups is 1. The normalized spacial score (nSPS) is 17.7. The van der Waals surface area contributed by atoms with Crippen molar-refractivity contribution < 1.29 is 13.2 Å². The number of halogens is 2. The predicted octanol–water partition coefficient (Wildman–Crippen LogP) is 4.40. The van der Waals surface area contributed by atoms with E-state index in [1.54, 1.807) is 12.1 Å². The molecule has 2 aromatic rings. The fraction of sp³-hybridized carbons (Fsp3) is 0.409. The van der Waals surface area contributed by atoms with Crippen molar-refractivity contribution in [2.45, 2.75) is 31.2 Å². The highest BCUT2D eigenvalue weighted by Crippen LogP contribution is 2.29. The van der Waals surface area contributed by atoms with Crippen LogP contribution in [0.5, 0.6) is 0 Å². The number of piperidine rings is 1. The van der Waals surface area contributed by atoms with Gasteiger partial charge in [0.2, 0.25) is 15.9 Å². The highest BCUT2D eigenvalue weighted by molar-refractivity contribution is 7.89. The number of likely N-dealkylation sites (tertiary alicyclic amines) is 1. The molecule has 0 aliphatic carbocycles. The van der Waals surface area contributed by atoms with Gasteiger partial charge in [0.1, 0.15) is 0 Å². The largest absolute Gasteiger partial charge is 0.326 e. The van der Waals surface area contributed by atoms with Gasteiger partial charge in [0, 0.05) is 48.5 Å². The van der Waals surface area contributed by atoms with E-state index in [9.17, 15) is 13.2 Å². The quantitative estimate of drug-likeness (QED) is 0.660. The van der Waals surface area contributed by atoms with Gasteiger partial charge in [-0.1, -0.05) is 35.3 Å². The SMILES string of the molecule is Cc1ccc(S(=O)(=O)N(C)C)cc1NC(=O)[C@@H]1CCCN(Cc2c(Cl)cccc2Cl)C1. The molecular formula is C22H27Cl2N3O3S. The van der Waals surface area contributed by atoms with Crippen LogP contribution in [-0.4, -0.2) is 50.7 Å². The minimum atomic E-state index is -3.58. The number of amides is 1. The van der Waals surface area contributed by atoms with Crippen molar-refractivity contribution in [2.24, 2.45) is 5.92 Å². The molecule has 1 saturated heterocycles. The monoisotopic (exact) mass is 483 g/mol. The number of nitrogens with zero attached hydrogens (tertiary/aromatic N) is 2. The van der Waals surface area contributed by atoms with Gasteiger partial charge in [0.25, 0.3) is 0 Å². The van der Waals surface area contributed by atoms with Crippen LogP contribution in [0.25, 0.3) is 0 Å². The van der Waals surface area contributed by atoms with Gasteiger partial charge < -0.3 is 5.32 Å². The minimum Gasteiger partial charge on any atom is -0.326 e. The number of benzene rings is 2. The average Bonchev–Trinajstić information content (AvgIpc) is 2.72. The molecule has 3 rings (SSSR count). The highest BCUT2D eigenvalue weighted by Gasteiger charge is 2.27. The molecule has 6 nitrogen and oxygen atoms in total. The van der Waals surface area contributed by atoms with E-state index in [-0.39, 0.29) is 16.7 Å². The minimum absolute atomic E-state index is 0.113. The van der Waals surface area contributed by atoms with Crippen LogP contribution in [0.4, 0.5) is 5.69 Å². The molecule has 0 aromatic heterocycles. The number of nitrogens with one attached hydrogen (secondary N) is 1. The number of sulfonamides is 1. The summed E-state index contributed by atoms with van der Waals surface area (Å²) in [5.41, 5.74) is 2.19. The maximum Gasteiger partial charge on any atom is 0.242 e. The maximum atomic E-state index is 13.0. The Morgan fingerprint density at radius 2 is 1.87 bits per heavy atom. The van der Waals surface area contributed by atoms with E-state index in [1.807, 2.05) is 25.1 Å². The van der Waals surface area contributed by atoms with Gasteiger partial charge in [-0.2, -0.15) is 0 Å². The molecular weight excluding hydrogens is 457 g/mol. The summed E-state index contributed by atoms with van der Waals surface area (Å²) in [6.45, 7) is 3.87. The molecule has 1 N–H and O–H groups in total. The predicted molar refractivity (Wildman–Crippen MR) is 125 cm³/mol. The first kappa shape index (κ1) is 24.0. The molecule has 1 aliphatic heterocycles. The van der Waals surface area contributed by atoms with E-state index in [1.165, 1.54) is 20.2 Å². The molecule has 1 heterocycles. The Morgan fingerprint density at radius 3 is 2.52 bits per heavy atom. The summed E-state index contributed by atoms with van der Waals surface area (Å²) in [6, 6.07) is 10.2. The van der Waals surface area contributed by atoms with Crippen molar-refractivity contribution in [3.05, 3.63) is 57.6 Å². The topological polar surface area (TPSA) is 69.7 Å². The third-order valence-corrected chi connectivity index (χ3v) is 8.08. The van der Waals surface area contributed by atoms with Crippen molar-refractivity contribution in [1.82, 2.24) is 9.21 Å². The summed E-state index contributed by atoms with van der Waals surface area (Å²) in [4.78, 5) is 15.3. The van der Waals surface area contributed by atoms with Crippen LogP contribution in [0.15, 0.2) is 41.3 Å². The lowest BCUT2D eigenvalue weighted by molar-refractivity contribution is -0.121. The third-order valence-electron chi connectivity index (χ3n) is 5.57. The standard InChI is InChI=1S/C22H27Cl2N3O3S/c1-15-9-10-17(31(29,30)26(2)3)12-21(15)25-22(28)16-6-5-11-27(13-16)14-18-19(23)7-4-8-20(18)24/h4,7-10,12,16H,5-6,11,13-14H2,1-3H3,(H,25,28)/t16-/m1/s1. The van der Waals surface area contributed by atoms with Crippen LogP contribution in [0.2, 0.25) is 10.0 Å². The van der Waals surface area contributed by atoms with Crippen LogP contribution < -0.4 is 5.32 Å². The molecule has 0 radical (unpaired) electrons. The molecule has 31 heavy (non-hydrogen) atoms. The molecule has 0 spiro atoms. The van der Waals surface area contributed by atoms with Crippen LogP contribution in [0, 0.1) is 12.8 Å². The zero-order valence-electron chi connectivity index (χ0n) is 17.9. The molecule has 168 valence electrons. The fourth-order valence-corrected chi connectivity index (χ4v) is 5.11. The van der Waals surface area contributed by atoms with Gasteiger partial charge in [0.05, 0.1) is 10.8 Å². The van der Waals surface area contributed by atoms with Gasteiger partial charge >= 0.3 is 0 Å². The Bertz CT molecular complexity index is 1050. The second-order valence-electron chi connectivity index (χ2n) is 8.03. The summed E-state index contributed by atoms with van der Waals surface area (Å²) >= 11 is 12.6. The zero-order valence-corrected chi connectivity index (χ0v) is 20.2. The van der Waals surface area contributed by atoms with Crippen molar-refractivity contribution in [3.8, 4) is 0 Å². The molecule has 1 amide bonds. The summed E-state index contributed by atoms with van der Waals surface area (Å²) in [6.07, 6.45) is 1.65. The molecule has 0 bridgehead atoms. The van der Waals surface area contributed by atoms with Crippen molar-refractivity contribution in [2.75, 3.05) is 32.5 Å². The lowest BCUT2D eigenvalue weighted by Gasteiger charge is -2.32. The van der Waals surface area contributed by atoms with Crippen molar-refractivity contribution in [3.63, 3.8) is 0 Å². The fourth-order valence-electron chi connectivity index (χ4n) is 3.66. The van der Waals surface area contributed by atoms with Gasteiger partial charge in [-0.25, -0.2) is 12.7 Å². The summed E-state index contributed by atoms with van der Waals surface area (Å²) in [5, 5.41) is 4.18. The third kappa shape index (κ3) is 5.59. The number of anilines is 1. The summed E-state index contributed by atoms with van der Waals surface area (Å²) in [7, 11) is -0.617. The van der Waals surface area contributed by atoms with Gasteiger partial charge in [-0.3, -0.25) is 9.69 Å². The van der Waals surface area contributed by atoms with E-state index in [0.717, 1.165) is 34.8 Å². The van der Waals surface area contributed by atoms with Crippen LogP contribution in [0.1, 0.15) is 24.0 Å². The van der Waals surface area contributed by atoms with E-state index >= 15 is 0 Å². The molecule has 1 aliphatic rings. The Labute approximate surface area is 194 Å². The molecule has 1 fully saturated rings. The molecule has 2 aromatic carbocycles. The first-order chi connectivity index (χ1) is 14.6. The number of rotatable bonds is 6. The van der Waals surface area contributed by atoms with E-state index < -0.39 is 10.0 Å². The average molecular weight is 484 g/mol. The second-order valence-corrected chi connectivity index (χ2v) is 11.0. The first-order valence-electron chi connectivity index (χ1n) is 10.1. The van der Waals surface area contributed by atoms with Gasteiger partial charge in [-0.15, -0.1) is 0 Å². The number of hydrogen-bond acceptors (Lipinski definition) is 4. The van der Waals surface area contributed by atoms with Crippen LogP contribution in [-0.2, 0) is 21.4 Å². The lowest BCUT2D eigenvalue weighted by Crippen LogP contribution is -2.40. The highest BCUT2D eigenvalue weighted by atomic mass is 35.5. The van der Waals surface area contributed by atoms with Crippen LogP contribution >= 0.6 is 23.2 Å². The van der Waals surface area contributed by atoms with Crippen molar-refractivity contribution >= 4 is 44.8 Å². The summed E-state index contributed by atoms with van der Waals surface area (Å²) < 4.78 is 26.0. The Morgan fingerprint density at radius 1 is 1.19 bits per heavy atom. The number of aryl methyl sites for hydroxylation is 1. The van der Waals surface area contributed by atoms with Gasteiger partial charge in [0.15, 0.2) is 0 Å². The lowest BCUT2D eigenvalue weighted by atomic mass is 9.96. The Balaban J connectivity index is 1.72. The smallest absolute Gasteiger partial charge is 0.242 e. The number of hydrogen-bond donors (Lipinski definition) is 1. The summed E-state index contributed by atoms with van der Waals surface area (Å²) in [5.74, 6) is -0.319. The Hall–Kier alpha value is -1.64. The molecule has 1 atom stereocenters. The van der Waals surface area contributed by atoms with E-state index in [4.69, 9.17) is 23.2 Å². The van der Waals surface area contributed by atoms with Crippen molar-refractivity contribution in [1.29, 1.82) is 0 Å². The molecule has 0 saturated carbocycles. The van der Waals surface area contributed by atoms with Crippen LogP contribution in [0.3, 0.4) is 0 Å². The second kappa shape index (κ2) is 9.88. The molecule has 0 unspecified atom stereocenters. The number of carbonyl (C=O) groups excluding carboxylic acids is 1. The zero-order chi connectivity index (χ0) is 22.8. The molecule has 9 heteroatoms. The first-order valence-corrected chi connectivity index (χ1v) is 12.3.